The van der Waals surface area contributed by atoms with Gasteiger partial charge in [0, 0.05) is 28.7 Å². The number of carbonyl (C=O) groups is 1. The molecule has 23 heavy (non-hydrogen) atoms. The Bertz CT molecular complexity index is 759. The van der Waals surface area contributed by atoms with Gasteiger partial charge < -0.3 is 15.1 Å². The molecule has 2 aromatic rings. The van der Waals surface area contributed by atoms with Gasteiger partial charge in [-0.05, 0) is 49.6 Å². The van der Waals surface area contributed by atoms with Crippen molar-refractivity contribution >= 4 is 29.1 Å². The molecule has 2 aliphatic rings. The molecule has 3 heterocycles. The van der Waals surface area contributed by atoms with Gasteiger partial charge in [0.25, 0.3) is 5.91 Å². The molecule has 0 unspecified atom stereocenters. The lowest BCUT2D eigenvalue weighted by atomic mass is 9.95. The Morgan fingerprint density at radius 2 is 2.09 bits per heavy atom. The highest BCUT2D eigenvalue weighted by Crippen LogP contribution is 2.32. The Kier molecular flexibility index (Phi) is 3.84. The molecule has 2 bridgehead atoms. The zero-order chi connectivity index (χ0) is 16.0. The van der Waals surface area contributed by atoms with E-state index in [1.165, 1.54) is 6.42 Å². The standard InChI is InChI=1S/C17H16Cl2N2O2/c18-9-1-3-12(19)11(7-9)15-5-6-16(23-15)17(22)21-14-8-10-2-4-13(14)20-10/h1,3,5-7,10,13-14,20H,2,4,8H2,(H,21,22)/t10-,13+,14-/m1/s1. The number of benzene rings is 1. The van der Waals surface area contributed by atoms with Crippen LogP contribution in [0.25, 0.3) is 11.3 Å². The summed E-state index contributed by atoms with van der Waals surface area (Å²) in [5.74, 6) is 0.640. The van der Waals surface area contributed by atoms with Crippen LogP contribution >= 0.6 is 23.2 Å². The predicted molar refractivity (Wildman–Crippen MR) is 90.0 cm³/mol. The molecule has 2 fully saturated rings. The molecule has 2 aliphatic heterocycles. The van der Waals surface area contributed by atoms with Crippen LogP contribution < -0.4 is 10.6 Å². The minimum atomic E-state index is -0.186. The van der Waals surface area contributed by atoms with Crippen molar-refractivity contribution in [2.45, 2.75) is 37.4 Å². The molecular weight excluding hydrogens is 335 g/mol. The van der Waals surface area contributed by atoms with Crippen LogP contribution in [0.1, 0.15) is 29.8 Å². The highest BCUT2D eigenvalue weighted by atomic mass is 35.5. The molecule has 4 rings (SSSR count). The number of nitrogens with one attached hydrogen (secondary N) is 2. The molecule has 0 radical (unpaired) electrons. The molecule has 120 valence electrons. The van der Waals surface area contributed by atoms with E-state index in [4.69, 9.17) is 27.6 Å². The van der Waals surface area contributed by atoms with Gasteiger partial charge in [-0.2, -0.15) is 0 Å². The molecular formula is C17H16Cl2N2O2. The number of hydrogen-bond donors (Lipinski definition) is 2. The number of fused-ring (bicyclic) bond motifs is 2. The van der Waals surface area contributed by atoms with Crippen LogP contribution in [0, 0.1) is 0 Å². The number of amides is 1. The van der Waals surface area contributed by atoms with E-state index in [-0.39, 0.29) is 11.9 Å². The zero-order valence-corrected chi connectivity index (χ0v) is 13.8. The Morgan fingerprint density at radius 3 is 2.83 bits per heavy atom. The lowest BCUT2D eigenvalue weighted by molar-refractivity contribution is 0.0903. The molecule has 1 amide bonds. The number of furan rings is 1. The normalized spacial score (nSPS) is 25.7. The van der Waals surface area contributed by atoms with Gasteiger partial charge in [-0.1, -0.05) is 23.2 Å². The van der Waals surface area contributed by atoms with Crippen LogP contribution in [-0.4, -0.2) is 24.0 Å². The highest BCUT2D eigenvalue weighted by molar-refractivity contribution is 6.35. The van der Waals surface area contributed by atoms with Gasteiger partial charge >= 0.3 is 0 Å². The second kappa shape index (κ2) is 5.86. The molecule has 1 aromatic heterocycles. The lowest BCUT2D eigenvalue weighted by Crippen LogP contribution is -2.42. The topological polar surface area (TPSA) is 54.3 Å². The molecule has 6 heteroatoms. The lowest BCUT2D eigenvalue weighted by Gasteiger charge is -2.20. The van der Waals surface area contributed by atoms with Gasteiger partial charge in [-0.3, -0.25) is 4.79 Å². The Hall–Kier alpha value is -1.49. The van der Waals surface area contributed by atoms with Crippen molar-refractivity contribution in [2.24, 2.45) is 0 Å². The van der Waals surface area contributed by atoms with Crippen LogP contribution in [0.2, 0.25) is 10.0 Å². The minimum Gasteiger partial charge on any atom is -0.451 e. The fourth-order valence-electron chi connectivity index (χ4n) is 3.51. The quantitative estimate of drug-likeness (QED) is 0.883. The van der Waals surface area contributed by atoms with Gasteiger partial charge in [0.15, 0.2) is 5.76 Å². The van der Waals surface area contributed by atoms with Crippen LogP contribution in [-0.2, 0) is 0 Å². The SMILES string of the molecule is O=C(N[C@@H]1C[C@H]2CC[C@@H]1N2)c1ccc(-c2cc(Cl)ccc2Cl)o1. The summed E-state index contributed by atoms with van der Waals surface area (Å²) < 4.78 is 5.68. The maximum Gasteiger partial charge on any atom is 0.287 e. The van der Waals surface area contributed by atoms with E-state index in [9.17, 15) is 4.79 Å². The third kappa shape index (κ3) is 2.87. The molecule has 3 atom stereocenters. The Balaban J connectivity index is 1.51. The van der Waals surface area contributed by atoms with Gasteiger partial charge in [0.2, 0.25) is 0 Å². The Morgan fingerprint density at radius 1 is 1.22 bits per heavy atom. The predicted octanol–water partition coefficient (Wildman–Crippen LogP) is 3.88. The van der Waals surface area contributed by atoms with Crippen LogP contribution in [0.5, 0.6) is 0 Å². The van der Waals surface area contributed by atoms with Crippen molar-refractivity contribution in [3.63, 3.8) is 0 Å². The maximum absolute atomic E-state index is 12.4. The maximum atomic E-state index is 12.4. The molecule has 1 aromatic carbocycles. The van der Waals surface area contributed by atoms with E-state index in [2.05, 4.69) is 10.6 Å². The van der Waals surface area contributed by atoms with Crippen molar-refractivity contribution in [3.8, 4) is 11.3 Å². The monoisotopic (exact) mass is 350 g/mol. The van der Waals surface area contributed by atoms with E-state index in [0.717, 1.165) is 12.8 Å². The van der Waals surface area contributed by atoms with Crippen molar-refractivity contribution in [3.05, 3.63) is 46.1 Å². The first-order chi connectivity index (χ1) is 11.1. The molecule has 0 aliphatic carbocycles. The number of halogens is 2. The first-order valence-electron chi connectivity index (χ1n) is 7.72. The summed E-state index contributed by atoms with van der Waals surface area (Å²) in [4.78, 5) is 12.4. The fraction of sp³-hybridized carbons (Fsp3) is 0.353. The molecule has 0 saturated carbocycles. The van der Waals surface area contributed by atoms with Crippen LogP contribution in [0.4, 0.5) is 0 Å². The van der Waals surface area contributed by atoms with E-state index in [1.807, 2.05) is 0 Å². The first kappa shape index (κ1) is 15.1. The average Bonchev–Trinajstić information content (AvgIpc) is 3.25. The second-order valence-electron chi connectivity index (χ2n) is 6.15. The van der Waals surface area contributed by atoms with E-state index >= 15 is 0 Å². The fourth-order valence-corrected chi connectivity index (χ4v) is 3.90. The average molecular weight is 351 g/mol. The largest absolute Gasteiger partial charge is 0.451 e. The first-order valence-corrected chi connectivity index (χ1v) is 8.48. The number of hydrogen-bond acceptors (Lipinski definition) is 3. The molecule has 2 N–H and O–H groups in total. The van der Waals surface area contributed by atoms with E-state index in [0.29, 0.717) is 39.2 Å². The summed E-state index contributed by atoms with van der Waals surface area (Å²) in [5.41, 5.74) is 0.680. The van der Waals surface area contributed by atoms with Crippen molar-refractivity contribution in [1.29, 1.82) is 0 Å². The van der Waals surface area contributed by atoms with Crippen LogP contribution in [0.15, 0.2) is 34.7 Å². The summed E-state index contributed by atoms with van der Waals surface area (Å²) >= 11 is 12.2. The van der Waals surface area contributed by atoms with Crippen molar-refractivity contribution in [1.82, 2.24) is 10.6 Å². The minimum absolute atomic E-state index is 0.185. The summed E-state index contributed by atoms with van der Waals surface area (Å²) in [7, 11) is 0. The summed E-state index contributed by atoms with van der Waals surface area (Å²) in [6.45, 7) is 0. The molecule has 4 nitrogen and oxygen atoms in total. The third-order valence-corrected chi connectivity index (χ3v) is 5.20. The van der Waals surface area contributed by atoms with Crippen molar-refractivity contribution < 1.29 is 9.21 Å². The number of rotatable bonds is 3. The van der Waals surface area contributed by atoms with Gasteiger partial charge in [-0.25, -0.2) is 0 Å². The third-order valence-electron chi connectivity index (χ3n) is 4.64. The number of carbonyl (C=O) groups excluding carboxylic acids is 1. The smallest absolute Gasteiger partial charge is 0.287 e. The highest BCUT2D eigenvalue weighted by Gasteiger charge is 2.39. The summed E-state index contributed by atoms with van der Waals surface area (Å²) in [6.07, 6.45) is 3.32. The van der Waals surface area contributed by atoms with Gasteiger partial charge in [0.1, 0.15) is 5.76 Å². The Labute approximate surface area is 144 Å². The van der Waals surface area contributed by atoms with Crippen LogP contribution in [0.3, 0.4) is 0 Å². The molecule has 2 saturated heterocycles. The molecule has 0 spiro atoms. The zero-order valence-electron chi connectivity index (χ0n) is 12.3. The summed E-state index contributed by atoms with van der Waals surface area (Å²) in [6, 6.07) is 9.68. The van der Waals surface area contributed by atoms with E-state index < -0.39 is 0 Å². The van der Waals surface area contributed by atoms with E-state index in [1.54, 1.807) is 30.3 Å². The second-order valence-corrected chi connectivity index (χ2v) is 6.99. The van der Waals surface area contributed by atoms with Crippen molar-refractivity contribution in [2.75, 3.05) is 0 Å². The van der Waals surface area contributed by atoms with Gasteiger partial charge in [0.05, 0.1) is 5.02 Å². The summed E-state index contributed by atoms with van der Waals surface area (Å²) in [5, 5.41) is 7.67. The van der Waals surface area contributed by atoms with Gasteiger partial charge in [-0.15, -0.1) is 0 Å².